The molecule has 2 aliphatic rings. The third-order valence-electron chi connectivity index (χ3n) is 8.24. The van der Waals surface area contributed by atoms with E-state index >= 15 is 0 Å². The molecule has 4 aromatic rings. The number of nitrogens with one attached hydrogen (secondary N) is 2. The third kappa shape index (κ3) is 7.18. The zero-order valence-corrected chi connectivity index (χ0v) is 27.6. The molecule has 5 atom stereocenters. The van der Waals surface area contributed by atoms with Gasteiger partial charge in [-0.2, -0.15) is 0 Å². The number of rotatable bonds is 12. The summed E-state index contributed by atoms with van der Waals surface area (Å²) in [7, 11) is 0. The Morgan fingerprint density at radius 2 is 1.75 bits per heavy atom. The first-order valence-corrected chi connectivity index (χ1v) is 15.9. The van der Waals surface area contributed by atoms with Crippen molar-refractivity contribution in [2.45, 2.75) is 77.5 Å². The summed E-state index contributed by atoms with van der Waals surface area (Å²) in [6.45, 7) is 13.2. The van der Waals surface area contributed by atoms with E-state index in [9.17, 15) is 9.59 Å². The number of nitrogens with zero attached hydrogens (tertiary/aromatic N) is 4. The number of hydrogen-bond donors (Lipinski definition) is 2. The number of Topliss-reactive ketones (excluding diaryl/α,β-unsaturated/α-hetero) is 1. The van der Waals surface area contributed by atoms with Crippen molar-refractivity contribution in [3.63, 3.8) is 0 Å². The number of hydrogen-bond acceptors (Lipinski definition) is 11. The molecule has 2 aliphatic heterocycles. The SMILES string of the molecule is C=C(Oc1ccc(CNc2ncnc3c2ncn3[C@@H]2O[C@H](COC(=O)N[C@H](C(C)=O)C(C)C)[C@@H]3OC(C)(C)OC32)cc1)c1ccccc1. The number of benzene rings is 2. The Bertz CT molecular complexity index is 1780. The van der Waals surface area contributed by atoms with E-state index in [1.54, 1.807) is 10.9 Å². The number of ether oxygens (including phenoxy) is 5. The van der Waals surface area contributed by atoms with Crippen LogP contribution in [0.3, 0.4) is 0 Å². The average molecular weight is 657 g/mol. The average Bonchev–Trinajstić information content (AvgIpc) is 3.73. The maximum Gasteiger partial charge on any atom is 0.407 e. The molecule has 0 spiro atoms. The topological polar surface area (TPSA) is 148 Å². The molecule has 13 heteroatoms. The summed E-state index contributed by atoms with van der Waals surface area (Å²) in [6.07, 6.45) is 0.0172. The molecule has 2 aromatic carbocycles. The van der Waals surface area contributed by atoms with Gasteiger partial charge < -0.3 is 34.3 Å². The quantitative estimate of drug-likeness (QED) is 0.193. The van der Waals surface area contributed by atoms with Crippen LogP contribution < -0.4 is 15.4 Å². The van der Waals surface area contributed by atoms with E-state index in [0.29, 0.717) is 35.0 Å². The largest absolute Gasteiger partial charge is 0.457 e. The van der Waals surface area contributed by atoms with Crippen molar-refractivity contribution in [3.05, 3.63) is 85.0 Å². The summed E-state index contributed by atoms with van der Waals surface area (Å²) < 4.78 is 32.0. The molecule has 0 saturated carbocycles. The zero-order valence-electron chi connectivity index (χ0n) is 27.6. The van der Waals surface area contributed by atoms with Crippen molar-refractivity contribution in [1.82, 2.24) is 24.8 Å². The number of amides is 1. The van der Waals surface area contributed by atoms with Crippen LogP contribution in [0, 0.1) is 5.92 Å². The van der Waals surface area contributed by atoms with E-state index in [1.807, 2.05) is 82.3 Å². The molecular formula is C35H40N6O7. The Hall–Kier alpha value is -4.85. The summed E-state index contributed by atoms with van der Waals surface area (Å²) in [5.41, 5.74) is 3.02. The van der Waals surface area contributed by atoms with Crippen molar-refractivity contribution >= 4 is 34.6 Å². The number of alkyl carbamates (subject to hydrolysis) is 1. The van der Waals surface area contributed by atoms with E-state index in [2.05, 4.69) is 32.2 Å². The number of carbonyl (C=O) groups excluding carboxylic acids is 2. The molecule has 252 valence electrons. The van der Waals surface area contributed by atoms with E-state index in [1.165, 1.54) is 13.3 Å². The molecule has 1 amide bonds. The van der Waals surface area contributed by atoms with E-state index in [-0.39, 0.29) is 18.3 Å². The number of carbonyl (C=O) groups is 2. The van der Waals surface area contributed by atoms with Gasteiger partial charge in [0.15, 0.2) is 34.8 Å². The highest BCUT2D eigenvalue weighted by molar-refractivity contribution is 5.85. The lowest BCUT2D eigenvalue weighted by molar-refractivity contribution is -0.199. The molecule has 2 fully saturated rings. The summed E-state index contributed by atoms with van der Waals surface area (Å²) >= 11 is 0. The van der Waals surface area contributed by atoms with E-state index < -0.39 is 42.5 Å². The Labute approximate surface area is 278 Å². The van der Waals surface area contributed by atoms with Crippen LogP contribution in [0.5, 0.6) is 5.75 Å². The van der Waals surface area contributed by atoms with Crippen molar-refractivity contribution in [2.75, 3.05) is 11.9 Å². The lowest BCUT2D eigenvalue weighted by Crippen LogP contribution is -2.44. The fourth-order valence-electron chi connectivity index (χ4n) is 5.94. The highest BCUT2D eigenvalue weighted by Gasteiger charge is 2.56. The van der Waals surface area contributed by atoms with Gasteiger partial charge in [0.05, 0.1) is 12.4 Å². The highest BCUT2D eigenvalue weighted by atomic mass is 16.8. The molecule has 0 aliphatic carbocycles. The highest BCUT2D eigenvalue weighted by Crippen LogP contribution is 2.44. The van der Waals surface area contributed by atoms with Crippen LogP contribution in [0.4, 0.5) is 10.6 Å². The Balaban J connectivity index is 1.12. The molecule has 2 N–H and O–H groups in total. The van der Waals surface area contributed by atoms with Crippen LogP contribution in [-0.4, -0.2) is 68.1 Å². The fourth-order valence-corrected chi connectivity index (χ4v) is 5.94. The van der Waals surface area contributed by atoms with Crippen LogP contribution in [0.15, 0.2) is 73.8 Å². The molecular weight excluding hydrogens is 616 g/mol. The Kier molecular flexibility index (Phi) is 9.45. The van der Waals surface area contributed by atoms with Gasteiger partial charge in [0.2, 0.25) is 0 Å². The summed E-state index contributed by atoms with van der Waals surface area (Å²) in [6, 6.07) is 16.8. The fraction of sp³-hybridized carbons (Fsp3) is 0.400. The third-order valence-corrected chi connectivity index (χ3v) is 8.24. The van der Waals surface area contributed by atoms with Crippen molar-refractivity contribution < 1.29 is 33.3 Å². The second-order valence-corrected chi connectivity index (χ2v) is 12.6. The zero-order chi connectivity index (χ0) is 34.0. The van der Waals surface area contributed by atoms with Gasteiger partial charge >= 0.3 is 6.09 Å². The molecule has 0 radical (unpaired) electrons. The van der Waals surface area contributed by atoms with Gasteiger partial charge in [-0.25, -0.2) is 19.7 Å². The minimum atomic E-state index is -0.886. The number of aromatic nitrogens is 4. The van der Waals surface area contributed by atoms with Gasteiger partial charge in [-0.1, -0.05) is 62.9 Å². The first-order chi connectivity index (χ1) is 23.0. The normalized spacial score (nSPS) is 21.9. The van der Waals surface area contributed by atoms with Gasteiger partial charge in [0, 0.05) is 12.1 Å². The van der Waals surface area contributed by atoms with Crippen LogP contribution in [-0.2, 0) is 30.3 Å². The monoisotopic (exact) mass is 656 g/mol. The van der Waals surface area contributed by atoms with E-state index in [0.717, 1.165) is 11.1 Å². The van der Waals surface area contributed by atoms with Gasteiger partial charge in [0.25, 0.3) is 0 Å². The smallest absolute Gasteiger partial charge is 0.407 e. The van der Waals surface area contributed by atoms with E-state index in [4.69, 9.17) is 23.7 Å². The minimum Gasteiger partial charge on any atom is -0.457 e. The number of anilines is 1. The second-order valence-electron chi connectivity index (χ2n) is 12.6. The second kappa shape index (κ2) is 13.7. The molecule has 1 unspecified atom stereocenters. The van der Waals surface area contributed by atoms with Gasteiger partial charge in [0.1, 0.15) is 42.8 Å². The molecule has 13 nitrogen and oxygen atoms in total. The minimum absolute atomic E-state index is 0.0824. The molecule has 48 heavy (non-hydrogen) atoms. The van der Waals surface area contributed by atoms with Crippen LogP contribution in [0.25, 0.3) is 16.9 Å². The van der Waals surface area contributed by atoms with Crippen molar-refractivity contribution in [2.24, 2.45) is 5.92 Å². The van der Waals surface area contributed by atoms with Gasteiger partial charge in [-0.3, -0.25) is 9.36 Å². The first kappa shape index (κ1) is 33.1. The van der Waals surface area contributed by atoms with Crippen LogP contribution >= 0.6 is 0 Å². The number of imidazole rings is 1. The molecule has 2 saturated heterocycles. The lowest BCUT2D eigenvalue weighted by Gasteiger charge is -2.25. The lowest BCUT2D eigenvalue weighted by atomic mass is 10.0. The van der Waals surface area contributed by atoms with Crippen molar-refractivity contribution in [3.8, 4) is 5.75 Å². The predicted octanol–water partition coefficient (Wildman–Crippen LogP) is 5.25. The first-order valence-electron chi connectivity index (χ1n) is 15.9. The van der Waals surface area contributed by atoms with Gasteiger partial charge in [-0.15, -0.1) is 0 Å². The van der Waals surface area contributed by atoms with Crippen LogP contribution in [0.1, 0.15) is 52.0 Å². The molecule has 0 bridgehead atoms. The Morgan fingerprint density at radius 1 is 1.02 bits per heavy atom. The number of fused-ring (bicyclic) bond motifs is 2. The molecule has 4 heterocycles. The summed E-state index contributed by atoms with van der Waals surface area (Å²) in [5.74, 6) is 0.697. The number of ketones is 1. The standard InChI is InChI=1S/C35H40N6O7/c1-20(2)27(21(3)42)40-34(43)44-17-26-29-30(48-35(5,6)47-29)33(46-26)41-19-39-28-31(37-18-38-32(28)41)36-16-23-12-14-25(15-13-23)45-22(4)24-10-8-7-9-11-24/h7-15,18-20,26-27,29-30,33H,4,16-17H2,1-3,5-6H3,(H,40,43)(H,36,37,38)/t26-,27+,29+,30?,33-/m1/s1. The van der Waals surface area contributed by atoms with Crippen LogP contribution in [0.2, 0.25) is 0 Å². The predicted molar refractivity (Wildman–Crippen MR) is 177 cm³/mol. The maximum absolute atomic E-state index is 12.6. The molecule has 6 rings (SSSR count). The summed E-state index contributed by atoms with van der Waals surface area (Å²) in [4.78, 5) is 38.1. The van der Waals surface area contributed by atoms with Crippen molar-refractivity contribution in [1.29, 1.82) is 0 Å². The summed E-state index contributed by atoms with van der Waals surface area (Å²) in [5, 5.41) is 5.99. The maximum atomic E-state index is 12.6. The Morgan fingerprint density at radius 3 is 2.46 bits per heavy atom. The molecule has 2 aromatic heterocycles. The van der Waals surface area contributed by atoms with Gasteiger partial charge in [-0.05, 0) is 44.4 Å².